The first-order valence-electron chi connectivity index (χ1n) is 14.0. The fraction of sp³-hybridized carbons (Fsp3) is 0.562. The first kappa shape index (κ1) is 31.7. The van der Waals surface area contributed by atoms with Gasteiger partial charge in [0.1, 0.15) is 0 Å². The summed E-state index contributed by atoms with van der Waals surface area (Å²) in [4.78, 5) is 7.31. The zero-order valence-corrected chi connectivity index (χ0v) is 24.5. The Hall–Kier alpha value is -2.47. The van der Waals surface area contributed by atoms with Crippen LogP contribution in [0.1, 0.15) is 96.3 Å². The van der Waals surface area contributed by atoms with Gasteiger partial charge in [-0.3, -0.25) is 4.99 Å². The topological polar surface area (TPSA) is 36.8 Å². The molecule has 1 N–H and O–H groups in total. The Labute approximate surface area is 228 Å². The number of hydrogen-bond donors (Lipinski definition) is 1. The summed E-state index contributed by atoms with van der Waals surface area (Å²) >= 11 is 0. The van der Waals surface area contributed by atoms with Gasteiger partial charge in [0.25, 0.3) is 0 Å². The molecule has 2 rings (SSSR count). The molecule has 6 heteroatoms. The molecule has 1 aromatic rings. The highest BCUT2D eigenvalue weighted by Crippen LogP contribution is 2.38. The number of nitrogens with one attached hydrogen (secondary N) is 1. The van der Waals surface area contributed by atoms with Gasteiger partial charge >= 0.3 is 6.18 Å². The standard InChI is InChI=1S/C32H46F3N3/c1-9-12-27(24(10-2)19-23(7)29(11-3)38-31(36-8)32(33,34)35)30(21(4)5)28-20-26(14-13-22(28)6)25-15-17-37-18-16-25/h10,13-14,19-21,25,37H,9,11-12,15-18H2,1-8H3/b23-19-,24-10+,30-27+,36-31?,38-29?. The van der Waals surface area contributed by atoms with E-state index >= 15 is 0 Å². The maximum atomic E-state index is 13.3. The first-order chi connectivity index (χ1) is 18.0. The molecule has 0 amide bonds. The van der Waals surface area contributed by atoms with E-state index in [1.54, 1.807) is 0 Å². The van der Waals surface area contributed by atoms with Crippen molar-refractivity contribution >= 4 is 17.1 Å². The molecule has 1 fully saturated rings. The third kappa shape index (κ3) is 8.26. The highest BCUT2D eigenvalue weighted by molar-refractivity contribution is 6.08. The number of aryl methyl sites for hydroxylation is 1. The molecule has 0 spiro atoms. The normalized spacial score (nSPS) is 17.8. The van der Waals surface area contributed by atoms with Gasteiger partial charge < -0.3 is 5.32 Å². The molecule has 1 aliphatic rings. The quantitative estimate of drug-likeness (QED) is 0.193. The van der Waals surface area contributed by atoms with Gasteiger partial charge in [-0.05, 0) is 110 Å². The van der Waals surface area contributed by atoms with Crippen LogP contribution in [0.25, 0.3) is 5.57 Å². The average molecular weight is 530 g/mol. The monoisotopic (exact) mass is 529 g/mol. The van der Waals surface area contributed by atoms with Crippen molar-refractivity contribution in [2.75, 3.05) is 20.1 Å². The van der Waals surface area contributed by atoms with Crippen LogP contribution in [0.5, 0.6) is 0 Å². The fourth-order valence-corrected chi connectivity index (χ4v) is 5.32. The van der Waals surface area contributed by atoms with E-state index in [4.69, 9.17) is 0 Å². The second-order valence-corrected chi connectivity index (χ2v) is 10.4. The maximum absolute atomic E-state index is 13.3. The average Bonchev–Trinajstić information content (AvgIpc) is 2.88. The summed E-state index contributed by atoms with van der Waals surface area (Å²) in [5, 5.41) is 3.46. The van der Waals surface area contributed by atoms with E-state index in [1.165, 1.54) is 27.8 Å². The van der Waals surface area contributed by atoms with Gasteiger partial charge in [0, 0.05) is 12.8 Å². The highest BCUT2D eigenvalue weighted by atomic mass is 19.4. The van der Waals surface area contributed by atoms with E-state index in [0.717, 1.165) is 57.0 Å². The van der Waals surface area contributed by atoms with Crippen molar-refractivity contribution in [3.8, 4) is 0 Å². The Morgan fingerprint density at radius 3 is 2.32 bits per heavy atom. The van der Waals surface area contributed by atoms with Crippen molar-refractivity contribution < 1.29 is 13.2 Å². The van der Waals surface area contributed by atoms with E-state index in [0.29, 0.717) is 18.1 Å². The van der Waals surface area contributed by atoms with Crippen LogP contribution in [-0.2, 0) is 0 Å². The van der Waals surface area contributed by atoms with Crippen molar-refractivity contribution in [1.29, 1.82) is 0 Å². The summed E-state index contributed by atoms with van der Waals surface area (Å²) in [6.45, 7) is 16.6. The van der Waals surface area contributed by atoms with E-state index in [9.17, 15) is 13.2 Å². The lowest BCUT2D eigenvalue weighted by Gasteiger charge is -2.26. The number of benzene rings is 1. The number of amidine groups is 1. The molecule has 0 radical (unpaired) electrons. The van der Waals surface area contributed by atoms with Crippen LogP contribution < -0.4 is 5.32 Å². The number of hydrogen-bond acceptors (Lipinski definition) is 2. The van der Waals surface area contributed by atoms with E-state index in [1.807, 2.05) is 26.8 Å². The molecule has 3 nitrogen and oxygen atoms in total. The van der Waals surface area contributed by atoms with Crippen molar-refractivity contribution in [2.24, 2.45) is 15.9 Å². The fourth-order valence-electron chi connectivity index (χ4n) is 5.32. The summed E-state index contributed by atoms with van der Waals surface area (Å²) in [5.74, 6) is -0.249. The molecular weight excluding hydrogens is 483 g/mol. The zero-order valence-electron chi connectivity index (χ0n) is 24.5. The number of piperidine rings is 1. The van der Waals surface area contributed by atoms with Crippen LogP contribution in [0.3, 0.4) is 0 Å². The predicted molar refractivity (Wildman–Crippen MR) is 157 cm³/mol. The molecule has 0 unspecified atom stereocenters. The van der Waals surface area contributed by atoms with Crippen LogP contribution in [0.2, 0.25) is 0 Å². The lowest BCUT2D eigenvalue weighted by atomic mass is 9.80. The third-order valence-electron chi connectivity index (χ3n) is 7.29. The molecule has 0 saturated carbocycles. The minimum Gasteiger partial charge on any atom is -0.317 e. The Kier molecular flexibility index (Phi) is 12.2. The number of halogens is 3. The van der Waals surface area contributed by atoms with Crippen molar-refractivity contribution in [3.05, 3.63) is 63.8 Å². The molecule has 1 aromatic carbocycles. The molecule has 210 valence electrons. The summed E-state index contributed by atoms with van der Waals surface area (Å²) in [7, 11) is 1.13. The van der Waals surface area contributed by atoms with Crippen molar-refractivity contribution in [2.45, 2.75) is 92.7 Å². The smallest absolute Gasteiger partial charge is 0.317 e. The van der Waals surface area contributed by atoms with Crippen LogP contribution in [0, 0.1) is 12.8 Å². The lowest BCUT2D eigenvalue weighted by molar-refractivity contribution is -0.0597. The van der Waals surface area contributed by atoms with E-state index < -0.39 is 12.0 Å². The number of aliphatic imine (C=N–C) groups is 2. The summed E-state index contributed by atoms with van der Waals surface area (Å²) in [5.41, 5.74) is 8.67. The van der Waals surface area contributed by atoms with Crippen LogP contribution in [0.4, 0.5) is 13.2 Å². The van der Waals surface area contributed by atoms with Gasteiger partial charge in [-0.25, -0.2) is 4.99 Å². The molecule has 38 heavy (non-hydrogen) atoms. The number of allylic oxidation sites excluding steroid dienone is 6. The summed E-state index contributed by atoms with van der Waals surface area (Å²) in [6, 6.07) is 6.93. The molecule has 0 atom stereocenters. The molecular formula is C32H46F3N3. The number of alkyl halides is 3. The van der Waals surface area contributed by atoms with Gasteiger partial charge in [-0.1, -0.05) is 64.5 Å². The molecule has 1 saturated heterocycles. The molecule has 0 bridgehead atoms. The predicted octanol–water partition coefficient (Wildman–Crippen LogP) is 9.01. The SMILES string of the molecule is C/C=C(\C=C(\C)C(CC)=NC(=NC)C(F)(F)F)C(/CCC)=C(/c1cc(C2CCNCC2)ccc1C)C(C)C. The van der Waals surface area contributed by atoms with Crippen LogP contribution >= 0.6 is 0 Å². The number of nitrogens with zero attached hydrogens (tertiary/aromatic N) is 2. The minimum atomic E-state index is -4.58. The zero-order chi connectivity index (χ0) is 28.5. The van der Waals surface area contributed by atoms with Crippen molar-refractivity contribution in [1.82, 2.24) is 5.32 Å². The summed E-state index contributed by atoms with van der Waals surface area (Å²) < 4.78 is 40.0. The largest absolute Gasteiger partial charge is 0.451 e. The van der Waals surface area contributed by atoms with Gasteiger partial charge in [0.15, 0.2) is 0 Å². The summed E-state index contributed by atoms with van der Waals surface area (Å²) in [6.07, 6.45) is 4.04. The van der Waals surface area contributed by atoms with Gasteiger partial charge in [0.2, 0.25) is 5.84 Å². The van der Waals surface area contributed by atoms with Gasteiger partial charge in [0.05, 0.1) is 0 Å². The molecule has 0 aliphatic carbocycles. The Morgan fingerprint density at radius 2 is 1.82 bits per heavy atom. The first-order valence-corrected chi connectivity index (χ1v) is 14.0. The lowest BCUT2D eigenvalue weighted by Crippen LogP contribution is -2.26. The van der Waals surface area contributed by atoms with Gasteiger partial charge in [-0.15, -0.1) is 0 Å². The second kappa shape index (κ2) is 14.6. The minimum absolute atomic E-state index is 0.283. The van der Waals surface area contributed by atoms with Gasteiger partial charge in [-0.2, -0.15) is 13.2 Å². The highest BCUT2D eigenvalue weighted by Gasteiger charge is 2.35. The van der Waals surface area contributed by atoms with E-state index in [-0.39, 0.29) is 5.92 Å². The third-order valence-corrected chi connectivity index (χ3v) is 7.29. The maximum Gasteiger partial charge on any atom is 0.451 e. The molecule has 1 heterocycles. The van der Waals surface area contributed by atoms with Crippen LogP contribution in [-0.4, -0.2) is 37.9 Å². The molecule has 1 aliphatic heterocycles. The molecule has 0 aromatic heterocycles. The Bertz CT molecular complexity index is 1100. The Morgan fingerprint density at radius 1 is 1.16 bits per heavy atom. The van der Waals surface area contributed by atoms with Crippen LogP contribution in [0.15, 0.2) is 57.1 Å². The second-order valence-electron chi connectivity index (χ2n) is 10.4. The Balaban J connectivity index is 2.69. The van der Waals surface area contributed by atoms with Crippen molar-refractivity contribution in [3.63, 3.8) is 0 Å². The van der Waals surface area contributed by atoms with E-state index in [2.05, 4.69) is 67.3 Å². The number of rotatable bonds is 9.